The highest BCUT2D eigenvalue weighted by Gasteiger charge is 2.18. The third-order valence-electron chi connectivity index (χ3n) is 1.61. The van der Waals surface area contributed by atoms with Crippen LogP contribution in [0.2, 0.25) is 0 Å². The zero-order valence-corrected chi connectivity index (χ0v) is 9.97. The van der Waals surface area contributed by atoms with Crippen molar-refractivity contribution in [1.82, 2.24) is 5.32 Å². The van der Waals surface area contributed by atoms with E-state index in [9.17, 15) is 4.79 Å². The molecule has 0 amide bonds. The number of hydrogen-bond acceptors (Lipinski definition) is 2. The zero-order valence-electron chi connectivity index (χ0n) is 9.97. The molecule has 0 saturated carbocycles. The Balaban J connectivity index is 0. The van der Waals surface area contributed by atoms with Crippen molar-refractivity contribution in [2.75, 3.05) is 6.54 Å². The van der Waals surface area contributed by atoms with Gasteiger partial charge >= 0.3 is 5.97 Å². The first-order chi connectivity index (χ1) is 6.72. The monoisotopic (exact) mass is 203 g/mol. The minimum absolute atomic E-state index is 0.279. The predicted octanol–water partition coefficient (Wildman–Crippen LogP) is 2.66. The van der Waals surface area contributed by atoms with E-state index in [0.29, 0.717) is 0 Å². The number of carboxylic acids is 1. The molecule has 1 aliphatic heterocycles. The summed E-state index contributed by atoms with van der Waals surface area (Å²) in [5.41, 5.74) is 0. The first-order valence-corrected chi connectivity index (χ1v) is 5.68. The van der Waals surface area contributed by atoms with Gasteiger partial charge in [0.25, 0.3) is 0 Å². The van der Waals surface area contributed by atoms with Gasteiger partial charge in [-0.05, 0) is 19.4 Å². The summed E-state index contributed by atoms with van der Waals surface area (Å²) in [7, 11) is 0. The Labute approximate surface area is 87.9 Å². The standard InChI is InChI=1S/C6H11NO2.C3H8.C2H6/c8-6(9)5-3-1-2-4-7-5;1-3-2;1-2/h5,7H,1-4H2,(H,8,9);3H2,1-2H3;1-2H3. The van der Waals surface area contributed by atoms with E-state index in [2.05, 4.69) is 19.2 Å². The normalized spacial score (nSPS) is 19.6. The molecule has 1 heterocycles. The smallest absolute Gasteiger partial charge is 0.320 e. The van der Waals surface area contributed by atoms with Crippen LogP contribution in [0.5, 0.6) is 0 Å². The van der Waals surface area contributed by atoms with E-state index in [0.717, 1.165) is 25.8 Å². The molecule has 0 radical (unpaired) electrons. The Bertz CT molecular complexity index is 120. The van der Waals surface area contributed by atoms with Crippen molar-refractivity contribution in [2.45, 2.75) is 59.4 Å². The highest BCUT2D eigenvalue weighted by atomic mass is 16.4. The average molecular weight is 203 g/mol. The maximum absolute atomic E-state index is 10.3. The molecule has 3 heteroatoms. The molecule has 1 atom stereocenters. The number of carbonyl (C=O) groups is 1. The summed E-state index contributed by atoms with van der Waals surface area (Å²) < 4.78 is 0. The van der Waals surface area contributed by atoms with Gasteiger partial charge in [0.15, 0.2) is 0 Å². The summed E-state index contributed by atoms with van der Waals surface area (Å²) in [6.07, 6.45) is 4.20. The van der Waals surface area contributed by atoms with Crippen LogP contribution in [-0.2, 0) is 4.79 Å². The van der Waals surface area contributed by atoms with Crippen LogP contribution in [-0.4, -0.2) is 23.7 Å². The first kappa shape index (κ1) is 15.9. The molecule has 0 spiro atoms. The van der Waals surface area contributed by atoms with Crippen molar-refractivity contribution in [1.29, 1.82) is 0 Å². The van der Waals surface area contributed by atoms with Gasteiger partial charge in [0.2, 0.25) is 0 Å². The summed E-state index contributed by atoms with van der Waals surface area (Å²) in [5, 5.41) is 11.4. The third-order valence-corrected chi connectivity index (χ3v) is 1.61. The van der Waals surface area contributed by atoms with E-state index in [1.54, 1.807) is 0 Å². The van der Waals surface area contributed by atoms with Crippen molar-refractivity contribution in [2.24, 2.45) is 0 Å². The Morgan fingerprint density at radius 2 is 1.86 bits per heavy atom. The van der Waals surface area contributed by atoms with Crippen LogP contribution in [0, 0.1) is 0 Å². The molecule has 1 unspecified atom stereocenters. The van der Waals surface area contributed by atoms with Gasteiger partial charge in [-0.15, -0.1) is 0 Å². The largest absolute Gasteiger partial charge is 0.480 e. The van der Waals surface area contributed by atoms with Gasteiger partial charge in [0.05, 0.1) is 0 Å². The fourth-order valence-corrected chi connectivity index (χ4v) is 1.06. The van der Waals surface area contributed by atoms with Crippen LogP contribution in [0.3, 0.4) is 0 Å². The van der Waals surface area contributed by atoms with E-state index >= 15 is 0 Å². The topological polar surface area (TPSA) is 49.3 Å². The molecule has 1 fully saturated rings. The molecule has 0 aromatic carbocycles. The second kappa shape index (κ2) is 12.4. The maximum Gasteiger partial charge on any atom is 0.320 e. The SMILES string of the molecule is CC.CCC.O=C(O)C1CCCCN1. The lowest BCUT2D eigenvalue weighted by molar-refractivity contribution is -0.140. The molecule has 0 aliphatic carbocycles. The summed E-state index contributed by atoms with van der Waals surface area (Å²) >= 11 is 0. The van der Waals surface area contributed by atoms with E-state index in [1.807, 2.05) is 13.8 Å². The maximum atomic E-state index is 10.3. The lowest BCUT2D eigenvalue weighted by Gasteiger charge is -2.18. The summed E-state index contributed by atoms with van der Waals surface area (Å²) in [5.74, 6) is -0.713. The summed E-state index contributed by atoms with van der Waals surface area (Å²) in [4.78, 5) is 10.3. The Morgan fingerprint density at radius 3 is 2.07 bits per heavy atom. The molecular formula is C11H25NO2. The van der Waals surface area contributed by atoms with Crippen LogP contribution in [0.4, 0.5) is 0 Å². The lowest BCUT2D eigenvalue weighted by atomic mass is 10.1. The number of aliphatic carboxylic acids is 1. The fourth-order valence-electron chi connectivity index (χ4n) is 1.06. The second-order valence-corrected chi connectivity index (χ2v) is 3.05. The first-order valence-electron chi connectivity index (χ1n) is 5.68. The van der Waals surface area contributed by atoms with Crippen molar-refractivity contribution in [3.8, 4) is 0 Å². The molecule has 1 aliphatic rings. The van der Waals surface area contributed by atoms with Gasteiger partial charge in [0, 0.05) is 0 Å². The van der Waals surface area contributed by atoms with E-state index < -0.39 is 5.97 Å². The minimum Gasteiger partial charge on any atom is -0.480 e. The van der Waals surface area contributed by atoms with Gasteiger partial charge < -0.3 is 10.4 Å². The van der Waals surface area contributed by atoms with Crippen LogP contribution in [0.1, 0.15) is 53.4 Å². The highest BCUT2D eigenvalue weighted by Crippen LogP contribution is 2.05. The molecule has 3 nitrogen and oxygen atoms in total. The number of rotatable bonds is 1. The van der Waals surface area contributed by atoms with E-state index in [4.69, 9.17) is 5.11 Å². The van der Waals surface area contributed by atoms with Crippen molar-refractivity contribution >= 4 is 5.97 Å². The minimum atomic E-state index is -0.713. The molecule has 1 rings (SSSR count). The molecule has 1 saturated heterocycles. The van der Waals surface area contributed by atoms with Crippen LogP contribution < -0.4 is 5.32 Å². The lowest BCUT2D eigenvalue weighted by Crippen LogP contribution is -2.40. The van der Waals surface area contributed by atoms with Crippen LogP contribution in [0.15, 0.2) is 0 Å². The molecule has 2 N–H and O–H groups in total. The third kappa shape index (κ3) is 9.52. The number of hydrogen-bond donors (Lipinski definition) is 2. The van der Waals surface area contributed by atoms with Gasteiger partial charge in [-0.3, -0.25) is 4.79 Å². The van der Waals surface area contributed by atoms with E-state index in [1.165, 1.54) is 6.42 Å². The Kier molecular flexibility index (Phi) is 14.1. The Morgan fingerprint density at radius 1 is 1.36 bits per heavy atom. The van der Waals surface area contributed by atoms with Crippen molar-refractivity contribution < 1.29 is 9.90 Å². The van der Waals surface area contributed by atoms with Gasteiger partial charge in [-0.2, -0.15) is 0 Å². The van der Waals surface area contributed by atoms with Gasteiger partial charge in [-0.25, -0.2) is 0 Å². The summed E-state index contributed by atoms with van der Waals surface area (Å²) in [6, 6.07) is -0.279. The fraction of sp³-hybridized carbons (Fsp3) is 0.909. The van der Waals surface area contributed by atoms with Gasteiger partial charge in [0.1, 0.15) is 6.04 Å². The predicted molar refractivity (Wildman–Crippen MR) is 60.6 cm³/mol. The molecule has 0 aromatic rings. The van der Waals surface area contributed by atoms with Gasteiger partial charge in [-0.1, -0.05) is 40.5 Å². The number of nitrogens with one attached hydrogen (secondary N) is 1. The van der Waals surface area contributed by atoms with Crippen molar-refractivity contribution in [3.05, 3.63) is 0 Å². The molecule has 0 aromatic heterocycles. The zero-order chi connectivity index (χ0) is 11.4. The Hall–Kier alpha value is -0.570. The number of piperidine rings is 1. The molecular weight excluding hydrogens is 178 g/mol. The quantitative estimate of drug-likeness (QED) is 0.689. The van der Waals surface area contributed by atoms with E-state index in [-0.39, 0.29) is 6.04 Å². The summed E-state index contributed by atoms with van der Waals surface area (Å²) in [6.45, 7) is 9.11. The molecule has 86 valence electrons. The average Bonchev–Trinajstić information content (AvgIpc) is 2.23. The van der Waals surface area contributed by atoms with Crippen molar-refractivity contribution in [3.63, 3.8) is 0 Å². The van der Waals surface area contributed by atoms with Crippen LogP contribution >= 0.6 is 0 Å². The number of carboxylic acid groups (broad SMARTS) is 1. The molecule has 0 bridgehead atoms. The second-order valence-electron chi connectivity index (χ2n) is 3.05. The highest BCUT2D eigenvalue weighted by molar-refractivity contribution is 5.73. The van der Waals surface area contributed by atoms with Crippen LogP contribution in [0.25, 0.3) is 0 Å². The molecule has 14 heavy (non-hydrogen) atoms.